The van der Waals surface area contributed by atoms with Gasteiger partial charge in [-0.25, -0.2) is 0 Å². The van der Waals surface area contributed by atoms with Crippen molar-refractivity contribution in [3.8, 4) is 0 Å². The molecule has 0 bridgehead atoms. The van der Waals surface area contributed by atoms with Gasteiger partial charge in [0.1, 0.15) is 0 Å². The molecule has 0 aromatic rings. The van der Waals surface area contributed by atoms with Gasteiger partial charge in [-0.1, -0.05) is 27.7 Å². The van der Waals surface area contributed by atoms with Crippen molar-refractivity contribution in [2.24, 2.45) is 11.1 Å². The van der Waals surface area contributed by atoms with Crippen molar-refractivity contribution in [1.82, 2.24) is 10.2 Å². The Bertz CT molecular complexity index is 273. The summed E-state index contributed by atoms with van der Waals surface area (Å²) in [5.41, 5.74) is 5.11. The number of nitrogens with one attached hydrogen (secondary N) is 1. The molecule has 2 unspecified atom stereocenters. The molecule has 0 aliphatic heterocycles. The van der Waals surface area contributed by atoms with Crippen LogP contribution < -0.4 is 11.1 Å². The number of likely N-dealkylation sites (N-methyl/N-ethyl adjacent to an activating group) is 1. The van der Waals surface area contributed by atoms with Gasteiger partial charge < -0.3 is 16.0 Å². The smallest absolute Gasteiger partial charge is 0.237 e. The van der Waals surface area contributed by atoms with Gasteiger partial charge in [0.25, 0.3) is 0 Å². The first-order valence-corrected chi connectivity index (χ1v) is 6.79. The Morgan fingerprint density at radius 3 is 2.17 bits per heavy atom. The maximum absolute atomic E-state index is 11.5. The molecule has 0 radical (unpaired) electrons. The Balaban J connectivity index is 4.50. The normalized spacial score (nSPS) is 17.6. The predicted molar refractivity (Wildman–Crippen MR) is 77.4 cm³/mol. The summed E-state index contributed by atoms with van der Waals surface area (Å²) in [4.78, 5) is 13.8. The molecule has 0 aliphatic rings. The molecule has 108 valence electrons. The van der Waals surface area contributed by atoms with Gasteiger partial charge in [-0.2, -0.15) is 0 Å². The van der Waals surface area contributed by atoms with Gasteiger partial charge in [0.05, 0.1) is 5.54 Å². The lowest BCUT2D eigenvalue weighted by Gasteiger charge is -2.37. The summed E-state index contributed by atoms with van der Waals surface area (Å²) in [5, 5.41) is 3.19. The predicted octanol–water partition coefficient (Wildman–Crippen LogP) is 1.60. The van der Waals surface area contributed by atoms with Gasteiger partial charge in [0.15, 0.2) is 0 Å². The highest BCUT2D eigenvalue weighted by atomic mass is 16.1. The second-order valence-corrected chi connectivity index (χ2v) is 6.50. The third kappa shape index (κ3) is 4.94. The van der Waals surface area contributed by atoms with Crippen LogP contribution in [-0.2, 0) is 4.79 Å². The molecule has 0 spiro atoms. The van der Waals surface area contributed by atoms with Crippen LogP contribution in [0.3, 0.4) is 0 Å². The van der Waals surface area contributed by atoms with Crippen LogP contribution in [0.25, 0.3) is 0 Å². The van der Waals surface area contributed by atoms with E-state index in [4.69, 9.17) is 5.73 Å². The summed E-state index contributed by atoms with van der Waals surface area (Å²) in [6.45, 7) is 14.4. The molecule has 2 atom stereocenters. The van der Waals surface area contributed by atoms with Crippen molar-refractivity contribution in [3.05, 3.63) is 0 Å². The highest BCUT2D eigenvalue weighted by Gasteiger charge is 2.31. The summed E-state index contributed by atoms with van der Waals surface area (Å²) >= 11 is 0. The van der Waals surface area contributed by atoms with Crippen LogP contribution in [0.4, 0.5) is 0 Å². The molecule has 4 nitrogen and oxygen atoms in total. The monoisotopic (exact) mass is 257 g/mol. The van der Waals surface area contributed by atoms with E-state index in [1.807, 2.05) is 13.8 Å². The number of carbonyl (C=O) groups is 1. The van der Waals surface area contributed by atoms with E-state index >= 15 is 0 Å². The van der Waals surface area contributed by atoms with E-state index in [9.17, 15) is 4.79 Å². The van der Waals surface area contributed by atoms with Crippen LogP contribution in [0.15, 0.2) is 0 Å². The molecule has 0 aromatic heterocycles. The number of amides is 1. The van der Waals surface area contributed by atoms with Crippen LogP contribution >= 0.6 is 0 Å². The van der Waals surface area contributed by atoms with E-state index in [0.29, 0.717) is 6.04 Å². The summed E-state index contributed by atoms with van der Waals surface area (Å²) in [7, 11) is 2.10. The Morgan fingerprint density at radius 1 is 1.33 bits per heavy atom. The van der Waals surface area contributed by atoms with Gasteiger partial charge in [-0.05, 0) is 39.3 Å². The molecule has 0 aromatic carbocycles. The second-order valence-electron chi connectivity index (χ2n) is 6.50. The lowest BCUT2D eigenvalue weighted by atomic mass is 9.86. The highest BCUT2D eigenvalue weighted by Crippen LogP contribution is 2.23. The van der Waals surface area contributed by atoms with E-state index in [0.717, 1.165) is 19.5 Å². The Kier molecular flexibility index (Phi) is 6.30. The number of carbonyl (C=O) groups excluding carboxylic acids is 1. The molecule has 0 saturated heterocycles. The molecule has 18 heavy (non-hydrogen) atoms. The molecule has 1 amide bonds. The van der Waals surface area contributed by atoms with Crippen molar-refractivity contribution in [3.63, 3.8) is 0 Å². The second kappa shape index (κ2) is 6.53. The first kappa shape index (κ1) is 17.4. The molecule has 0 saturated carbocycles. The van der Waals surface area contributed by atoms with Gasteiger partial charge in [0.2, 0.25) is 5.91 Å². The fourth-order valence-corrected chi connectivity index (χ4v) is 1.94. The minimum atomic E-state index is -0.611. The molecule has 0 heterocycles. The lowest BCUT2D eigenvalue weighted by Crippen LogP contribution is -2.55. The largest absolute Gasteiger partial charge is 0.368 e. The summed E-state index contributed by atoms with van der Waals surface area (Å²) in [5.74, 6) is -0.277. The number of nitrogens with zero attached hydrogens (tertiary/aromatic N) is 1. The van der Waals surface area contributed by atoms with Crippen molar-refractivity contribution < 1.29 is 4.79 Å². The summed E-state index contributed by atoms with van der Waals surface area (Å²) in [6.07, 6.45) is 0.729. The first-order valence-electron chi connectivity index (χ1n) is 6.79. The van der Waals surface area contributed by atoms with E-state index in [2.05, 4.69) is 45.0 Å². The minimum absolute atomic E-state index is 0.232. The molecule has 0 aliphatic carbocycles. The van der Waals surface area contributed by atoms with Gasteiger partial charge in [-0.15, -0.1) is 0 Å². The van der Waals surface area contributed by atoms with Crippen LogP contribution in [0.5, 0.6) is 0 Å². The molecular weight excluding hydrogens is 226 g/mol. The molecular formula is C14H31N3O. The Morgan fingerprint density at radius 2 is 1.83 bits per heavy atom. The highest BCUT2D eigenvalue weighted by molar-refractivity contribution is 5.84. The average molecular weight is 257 g/mol. The zero-order valence-corrected chi connectivity index (χ0v) is 13.1. The van der Waals surface area contributed by atoms with Crippen molar-refractivity contribution >= 4 is 5.91 Å². The summed E-state index contributed by atoms with van der Waals surface area (Å²) in [6, 6.07) is 0.455. The third-order valence-electron chi connectivity index (χ3n) is 3.99. The van der Waals surface area contributed by atoms with Gasteiger partial charge >= 0.3 is 0 Å². The van der Waals surface area contributed by atoms with Crippen LogP contribution in [0, 0.1) is 5.41 Å². The van der Waals surface area contributed by atoms with E-state index in [1.54, 1.807) is 0 Å². The van der Waals surface area contributed by atoms with E-state index in [1.165, 1.54) is 0 Å². The fraction of sp³-hybridized carbons (Fsp3) is 0.929. The van der Waals surface area contributed by atoms with Gasteiger partial charge in [-0.3, -0.25) is 4.79 Å². The summed E-state index contributed by atoms with van der Waals surface area (Å²) < 4.78 is 0. The average Bonchev–Trinajstić information content (AvgIpc) is 2.23. The number of nitrogens with two attached hydrogens (primary N) is 1. The Labute approximate surface area is 112 Å². The van der Waals surface area contributed by atoms with Crippen LogP contribution in [-0.4, -0.2) is 42.5 Å². The standard InChI is InChI=1S/C14H31N3O/c1-8-16-14(6,12(15)18)9-10-17(7)11(2)13(3,4)5/h11,16H,8-10H2,1-7H3,(H2,15,18). The zero-order valence-electron chi connectivity index (χ0n) is 13.1. The van der Waals surface area contributed by atoms with Gasteiger partial charge in [0, 0.05) is 12.6 Å². The van der Waals surface area contributed by atoms with E-state index < -0.39 is 5.54 Å². The molecule has 3 N–H and O–H groups in total. The maximum Gasteiger partial charge on any atom is 0.237 e. The maximum atomic E-state index is 11.5. The fourth-order valence-electron chi connectivity index (χ4n) is 1.94. The number of primary amides is 1. The first-order chi connectivity index (χ1) is 8.04. The number of rotatable bonds is 7. The van der Waals surface area contributed by atoms with Crippen molar-refractivity contribution in [2.45, 2.75) is 59.5 Å². The molecule has 4 heteroatoms. The molecule has 0 fully saturated rings. The number of hydrogen-bond donors (Lipinski definition) is 2. The topological polar surface area (TPSA) is 58.4 Å². The van der Waals surface area contributed by atoms with Crippen LogP contribution in [0.1, 0.15) is 48.0 Å². The van der Waals surface area contributed by atoms with Crippen LogP contribution in [0.2, 0.25) is 0 Å². The van der Waals surface area contributed by atoms with Crippen molar-refractivity contribution in [2.75, 3.05) is 20.1 Å². The third-order valence-corrected chi connectivity index (χ3v) is 3.99. The molecule has 0 rings (SSSR count). The quantitative estimate of drug-likeness (QED) is 0.728. The Hall–Kier alpha value is -0.610. The van der Waals surface area contributed by atoms with Crippen molar-refractivity contribution in [1.29, 1.82) is 0 Å². The van der Waals surface area contributed by atoms with E-state index in [-0.39, 0.29) is 11.3 Å². The zero-order chi connectivity index (χ0) is 14.6. The lowest BCUT2D eigenvalue weighted by molar-refractivity contribution is -0.124. The SMILES string of the molecule is CCNC(C)(CCN(C)C(C)C(C)(C)C)C(N)=O. The number of hydrogen-bond acceptors (Lipinski definition) is 3. The minimum Gasteiger partial charge on any atom is -0.368 e.